The molecule has 29 heavy (non-hydrogen) atoms. The Bertz CT molecular complexity index is 1530. The molecule has 0 atom stereocenters. The Morgan fingerprint density at radius 3 is 1.93 bits per heavy atom. The van der Waals surface area contributed by atoms with E-state index in [0.717, 1.165) is 17.8 Å². The second-order valence-corrected chi connectivity index (χ2v) is 8.99. The first-order chi connectivity index (χ1) is 14.3. The fourth-order valence-electron chi connectivity index (χ4n) is 4.12. The molecule has 1 radical (unpaired) electrons. The fourth-order valence-corrected chi connectivity index (χ4v) is 6.63. The lowest BCUT2D eigenvalue weighted by Gasteiger charge is -2.05. The highest BCUT2D eigenvalue weighted by Gasteiger charge is 2.16. The van der Waals surface area contributed by atoms with Crippen molar-refractivity contribution >= 4 is 70.7 Å². The Kier molecular flexibility index (Phi) is 3.88. The zero-order valence-corrected chi connectivity index (χ0v) is 16.9. The van der Waals surface area contributed by atoms with Crippen molar-refractivity contribution in [3.63, 3.8) is 0 Å². The third kappa shape index (κ3) is 2.52. The lowest BCUT2D eigenvalue weighted by atomic mass is 10.0. The molecule has 2 nitrogen and oxygen atoms in total. The Hall–Kier alpha value is -2.86. The highest BCUT2D eigenvalue weighted by Crippen LogP contribution is 2.46. The van der Waals surface area contributed by atoms with Crippen molar-refractivity contribution < 1.29 is 9.68 Å². The van der Waals surface area contributed by atoms with Crippen molar-refractivity contribution in [2.45, 2.75) is 0 Å². The maximum Gasteiger partial charge on any atom is 0.569 e. The van der Waals surface area contributed by atoms with Crippen molar-refractivity contribution in [1.82, 2.24) is 0 Å². The summed E-state index contributed by atoms with van der Waals surface area (Å²) in [5.41, 5.74) is 2.50. The van der Waals surface area contributed by atoms with Crippen LogP contribution in [0, 0.1) is 0 Å². The van der Waals surface area contributed by atoms with Gasteiger partial charge in [0.05, 0.1) is 4.70 Å². The Morgan fingerprint density at radius 1 is 0.586 bits per heavy atom. The maximum atomic E-state index is 9.13. The van der Waals surface area contributed by atoms with Crippen LogP contribution in [-0.2, 0) is 0 Å². The van der Waals surface area contributed by atoms with Gasteiger partial charge in [-0.15, -0.1) is 22.7 Å². The van der Waals surface area contributed by atoms with Crippen molar-refractivity contribution in [2.75, 3.05) is 0 Å². The van der Waals surface area contributed by atoms with Crippen LogP contribution in [0.4, 0.5) is 0 Å². The van der Waals surface area contributed by atoms with Gasteiger partial charge in [-0.05, 0) is 12.1 Å². The van der Waals surface area contributed by atoms with Gasteiger partial charge in [-0.3, -0.25) is 0 Å². The lowest BCUT2D eigenvalue weighted by molar-refractivity contribution is 0.457. The minimum absolute atomic E-state index is 0.678. The van der Waals surface area contributed by atoms with E-state index >= 15 is 0 Å². The van der Waals surface area contributed by atoms with E-state index in [2.05, 4.69) is 66.7 Å². The van der Waals surface area contributed by atoms with Gasteiger partial charge < -0.3 is 9.68 Å². The summed E-state index contributed by atoms with van der Waals surface area (Å²) in [6.07, 6.45) is 0. The average Bonchev–Trinajstić information content (AvgIpc) is 3.33. The van der Waals surface area contributed by atoms with Crippen LogP contribution in [0.1, 0.15) is 0 Å². The number of rotatable bonds is 3. The normalized spacial score (nSPS) is 11.6. The molecule has 1 N–H and O–H groups in total. The molecule has 2 aromatic heterocycles. The summed E-state index contributed by atoms with van der Waals surface area (Å²) in [5.74, 6) is 0.678. The summed E-state index contributed by atoms with van der Waals surface area (Å²) in [5, 5.41) is 14.1. The second-order valence-electron chi connectivity index (χ2n) is 6.92. The van der Waals surface area contributed by atoms with Gasteiger partial charge in [-0.25, -0.2) is 0 Å². The molecular weight excluding hydrogens is 395 g/mol. The average molecular weight is 409 g/mol. The smallest absolute Gasteiger partial charge is 0.536 e. The number of hydrogen-bond acceptors (Lipinski definition) is 4. The molecule has 4 aromatic carbocycles. The standard InChI is InChI=1S/C24H14BO2S2/c26-25-27-20-12-5-11-19-18-10-4-9-17(23(18)29-24(19)20)16-8-3-7-15-14-6-1-2-13-21(14)28-22(15)16/h1-13,26H. The molecule has 5 heteroatoms. The molecule has 2 heterocycles. The molecule has 0 fully saturated rings. The number of benzene rings is 4. The lowest BCUT2D eigenvalue weighted by Crippen LogP contribution is -1.99. The van der Waals surface area contributed by atoms with Gasteiger partial charge in [0.25, 0.3) is 0 Å². The predicted molar refractivity (Wildman–Crippen MR) is 126 cm³/mol. The molecule has 0 aliphatic heterocycles. The van der Waals surface area contributed by atoms with Gasteiger partial charge in [0.1, 0.15) is 5.75 Å². The largest absolute Gasteiger partial charge is 0.569 e. The summed E-state index contributed by atoms with van der Waals surface area (Å²) in [7, 11) is 0.748. The highest BCUT2D eigenvalue weighted by molar-refractivity contribution is 7.27. The molecule has 137 valence electrons. The fraction of sp³-hybridized carbons (Fsp3) is 0. The molecule has 0 aliphatic carbocycles. The summed E-state index contributed by atoms with van der Waals surface area (Å²) in [4.78, 5) is 0. The first kappa shape index (κ1) is 17.0. The van der Waals surface area contributed by atoms with E-state index < -0.39 is 0 Å². The van der Waals surface area contributed by atoms with Crippen molar-refractivity contribution in [3.05, 3.63) is 78.9 Å². The van der Waals surface area contributed by atoms with Crippen LogP contribution in [-0.4, -0.2) is 12.7 Å². The third-order valence-corrected chi connectivity index (χ3v) is 7.85. The van der Waals surface area contributed by atoms with Crippen molar-refractivity contribution in [2.24, 2.45) is 0 Å². The quantitative estimate of drug-likeness (QED) is 0.319. The summed E-state index contributed by atoms with van der Waals surface area (Å²) in [6.45, 7) is 0. The summed E-state index contributed by atoms with van der Waals surface area (Å²) >= 11 is 3.57. The minimum Gasteiger partial charge on any atom is -0.536 e. The maximum absolute atomic E-state index is 9.13. The van der Waals surface area contributed by atoms with Gasteiger partial charge in [-0.2, -0.15) is 0 Å². The SMILES string of the molecule is O[B]Oc1cccc2c1sc1c(-c3cccc4c3sc3ccccc34)cccc12. The molecule has 6 aromatic rings. The van der Waals surface area contributed by atoms with E-state index in [1.807, 2.05) is 23.5 Å². The Balaban J connectivity index is 1.70. The van der Waals surface area contributed by atoms with E-state index in [4.69, 9.17) is 9.68 Å². The summed E-state index contributed by atoms with van der Waals surface area (Å²) in [6, 6.07) is 27.6. The van der Waals surface area contributed by atoms with Crippen LogP contribution in [0.15, 0.2) is 78.9 Å². The van der Waals surface area contributed by atoms with Crippen LogP contribution >= 0.6 is 22.7 Å². The van der Waals surface area contributed by atoms with E-state index in [1.54, 1.807) is 11.3 Å². The zero-order valence-electron chi connectivity index (χ0n) is 15.3. The third-order valence-electron chi connectivity index (χ3n) is 5.36. The zero-order chi connectivity index (χ0) is 19.4. The Morgan fingerprint density at radius 2 is 1.17 bits per heavy atom. The molecule has 0 bridgehead atoms. The van der Waals surface area contributed by atoms with Gasteiger partial charge in [0, 0.05) is 46.8 Å². The van der Waals surface area contributed by atoms with Crippen LogP contribution in [0.25, 0.3) is 51.5 Å². The van der Waals surface area contributed by atoms with Crippen LogP contribution < -0.4 is 4.65 Å². The molecule has 0 amide bonds. The summed E-state index contributed by atoms with van der Waals surface area (Å²) < 4.78 is 10.3. The van der Waals surface area contributed by atoms with Gasteiger partial charge in [-0.1, -0.05) is 66.7 Å². The molecule has 0 saturated carbocycles. The molecule has 0 unspecified atom stereocenters. The van der Waals surface area contributed by atoms with Crippen molar-refractivity contribution in [3.8, 4) is 16.9 Å². The molecule has 6 rings (SSSR count). The van der Waals surface area contributed by atoms with Crippen LogP contribution in [0.3, 0.4) is 0 Å². The van der Waals surface area contributed by atoms with E-state index in [-0.39, 0.29) is 0 Å². The van der Waals surface area contributed by atoms with Crippen molar-refractivity contribution in [1.29, 1.82) is 0 Å². The first-order valence-corrected chi connectivity index (χ1v) is 11.0. The van der Waals surface area contributed by atoms with Gasteiger partial charge >= 0.3 is 7.69 Å². The second kappa shape index (κ2) is 6.60. The predicted octanol–water partition coefficient (Wildman–Crippen LogP) is 6.99. The van der Waals surface area contributed by atoms with Gasteiger partial charge in [0.2, 0.25) is 0 Å². The van der Waals surface area contributed by atoms with E-state index in [9.17, 15) is 0 Å². The molecule has 0 saturated heterocycles. The number of hydrogen-bond donors (Lipinski definition) is 1. The van der Waals surface area contributed by atoms with E-state index in [1.165, 1.54) is 41.4 Å². The number of thiophene rings is 2. The molecule has 0 aliphatic rings. The topological polar surface area (TPSA) is 29.5 Å². The number of fused-ring (bicyclic) bond motifs is 6. The van der Waals surface area contributed by atoms with Crippen LogP contribution in [0.2, 0.25) is 0 Å². The first-order valence-electron chi connectivity index (χ1n) is 9.32. The Labute approximate surface area is 175 Å². The minimum atomic E-state index is 0.678. The van der Waals surface area contributed by atoms with E-state index in [0.29, 0.717) is 5.75 Å². The van der Waals surface area contributed by atoms with Crippen LogP contribution in [0.5, 0.6) is 5.75 Å². The monoisotopic (exact) mass is 409 g/mol. The highest BCUT2D eigenvalue weighted by atomic mass is 32.1. The molecule has 0 spiro atoms. The molecular formula is C24H14BO2S2. The van der Waals surface area contributed by atoms with Gasteiger partial charge in [0.15, 0.2) is 0 Å².